The first-order valence-corrected chi connectivity index (χ1v) is 14.2. The zero-order valence-corrected chi connectivity index (χ0v) is 24.2. The number of benzene rings is 2. The number of hydrogen-bond acceptors (Lipinski definition) is 6. The highest BCUT2D eigenvalue weighted by molar-refractivity contribution is 6.30. The van der Waals surface area contributed by atoms with Crippen molar-refractivity contribution in [2.75, 3.05) is 44.7 Å². The molecule has 0 spiro atoms. The van der Waals surface area contributed by atoms with Crippen molar-refractivity contribution in [2.45, 2.75) is 24.8 Å². The summed E-state index contributed by atoms with van der Waals surface area (Å²) >= 11 is 6.04. The Labute approximate surface area is 247 Å². The number of aryl methyl sites for hydroxylation is 1. The van der Waals surface area contributed by atoms with Crippen molar-refractivity contribution < 1.29 is 23.8 Å². The van der Waals surface area contributed by atoms with Crippen LogP contribution in [0.2, 0.25) is 5.02 Å². The van der Waals surface area contributed by atoms with E-state index in [1.165, 1.54) is 28.8 Å². The van der Waals surface area contributed by atoms with Gasteiger partial charge in [-0.2, -0.15) is 5.10 Å². The van der Waals surface area contributed by atoms with Crippen LogP contribution < -0.4 is 15.2 Å². The second kappa shape index (κ2) is 12.4. The molecule has 0 saturated carbocycles. The van der Waals surface area contributed by atoms with Crippen LogP contribution in [0, 0.1) is 11.7 Å². The Morgan fingerprint density at radius 3 is 2.48 bits per heavy atom. The molecule has 2 aliphatic rings. The molecule has 0 radical (unpaired) electrons. The van der Waals surface area contributed by atoms with E-state index in [1.54, 1.807) is 42.3 Å². The molecule has 2 aliphatic heterocycles. The summed E-state index contributed by atoms with van der Waals surface area (Å²) in [5.41, 5.74) is 0.986. The van der Waals surface area contributed by atoms with Gasteiger partial charge in [-0.3, -0.25) is 14.5 Å². The van der Waals surface area contributed by atoms with E-state index in [1.807, 2.05) is 17.0 Å². The summed E-state index contributed by atoms with van der Waals surface area (Å²) < 4.78 is 21.7. The van der Waals surface area contributed by atoms with Crippen molar-refractivity contribution in [3.05, 3.63) is 86.9 Å². The molecule has 2 aromatic carbocycles. The number of aromatic nitrogens is 2. The van der Waals surface area contributed by atoms with Gasteiger partial charge in [0.05, 0.1) is 19.1 Å². The van der Waals surface area contributed by atoms with Gasteiger partial charge in [-0.05, 0) is 48.2 Å². The van der Waals surface area contributed by atoms with Crippen molar-refractivity contribution in [1.82, 2.24) is 19.6 Å². The fourth-order valence-electron chi connectivity index (χ4n) is 5.99. The van der Waals surface area contributed by atoms with Crippen LogP contribution in [0.4, 0.5) is 15.0 Å². The van der Waals surface area contributed by atoms with Crippen LogP contribution in [-0.4, -0.2) is 76.5 Å². The molecule has 2 saturated heterocycles. The van der Waals surface area contributed by atoms with Crippen molar-refractivity contribution in [2.24, 2.45) is 13.0 Å². The van der Waals surface area contributed by atoms with Gasteiger partial charge in [0.2, 0.25) is 5.91 Å². The minimum atomic E-state index is -1.06. The minimum absolute atomic E-state index is 0.134. The van der Waals surface area contributed by atoms with Crippen molar-refractivity contribution >= 4 is 29.4 Å². The molecule has 1 N–H and O–H groups in total. The highest BCUT2D eigenvalue weighted by Crippen LogP contribution is 2.38. The van der Waals surface area contributed by atoms with Gasteiger partial charge in [-0.1, -0.05) is 29.8 Å². The van der Waals surface area contributed by atoms with Crippen LogP contribution in [-0.2, 0) is 11.8 Å². The van der Waals surface area contributed by atoms with Crippen LogP contribution >= 0.6 is 11.6 Å². The molecular weight excluding hydrogens is 565 g/mol. The maximum Gasteiger partial charge on any atom is 0.407 e. The summed E-state index contributed by atoms with van der Waals surface area (Å²) in [5.74, 6) is -0.856. The van der Waals surface area contributed by atoms with Crippen LogP contribution in [0.5, 0.6) is 5.75 Å². The second-order valence-electron chi connectivity index (χ2n) is 10.7. The van der Waals surface area contributed by atoms with E-state index in [4.69, 9.17) is 16.3 Å². The van der Waals surface area contributed by atoms with E-state index in [-0.39, 0.29) is 37.1 Å². The lowest BCUT2D eigenvalue weighted by Gasteiger charge is -2.36. The number of carbonyl (C=O) groups is 2. The van der Waals surface area contributed by atoms with Crippen molar-refractivity contribution in [3.8, 4) is 5.75 Å². The third kappa shape index (κ3) is 6.06. The molecule has 0 aliphatic carbocycles. The molecule has 1 aromatic heterocycles. The number of rotatable bonds is 5. The van der Waals surface area contributed by atoms with Crippen LogP contribution in [0.3, 0.4) is 0 Å². The standard InChI is InChI=1S/C30H33ClFN5O5/c1-34-28(38)12-11-27(33-34)36-17-23(22-10-9-21(42-2)16-25(22)32)24(18-36)29(39)35-13-3-4-26(37(15-14-35)30(40)41)19-5-7-20(31)8-6-19/h5-12,16,23-24,26H,3-4,13-15,17-18H2,1-2H3,(H,40,41)/t23-,24+,26?/m0/s1. The molecular formula is C30H33ClFN5O5. The Morgan fingerprint density at radius 1 is 1.05 bits per heavy atom. The monoisotopic (exact) mass is 597 g/mol. The Morgan fingerprint density at radius 2 is 1.81 bits per heavy atom. The smallest absolute Gasteiger partial charge is 0.407 e. The van der Waals surface area contributed by atoms with Crippen LogP contribution in [0.1, 0.15) is 35.9 Å². The highest BCUT2D eigenvalue weighted by Gasteiger charge is 2.42. The van der Waals surface area contributed by atoms with Crippen LogP contribution in [0.15, 0.2) is 59.4 Å². The Balaban J connectivity index is 1.41. The minimum Gasteiger partial charge on any atom is -0.497 e. The normalized spacial score (nSPS) is 21.1. The molecule has 3 aromatic rings. The Bertz CT molecular complexity index is 1520. The van der Waals surface area contributed by atoms with Gasteiger partial charge in [-0.15, -0.1) is 0 Å². The summed E-state index contributed by atoms with van der Waals surface area (Å²) in [6, 6.07) is 14.5. The molecule has 3 atom stereocenters. The van der Waals surface area contributed by atoms with E-state index in [0.29, 0.717) is 48.1 Å². The summed E-state index contributed by atoms with van der Waals surface area (Å²) in [6.45, 7) is 1.38. The first kappa shape index (κ1) is 29.4. The maximum atomic E-state index is 15.3. The van der Waals surface area contributed by atoms with Gasteiger partial charge in [0.1, 0.15) is 17.4 Å². The Kier molecular flexibility index (Phi) is 8.67. The number of carboxylic acid groups (broad SMARTS) is 1. The number of ether oxygens (including phenoxy) is 1. The number of anilines is 1. The molecule has 5 rings (SSSR count). The van der Waals surface area contributed by atoms with E-state index in [2.05, 4.69) is 5.10 Å². The van der Waals surface area contributed by atoms with Crippen LogP contribution in [0.25, 0.3) is 0 Å². The summed E-state index contributed by atoms with van der Waals surface area (Å²) in [7, 11) is 3.01. The highest BCUT2D eigenvalue weighted by atomic mass is 35.5. The number of amides is 2. The first-order chi connectivity index (χ1) is 20.2. The number of hydrogen-bond donors (Lipinski definition) is 1. The molecule has 0 bridgehead atoms. The van der Waals surface area contributed by atoms with E-state index in [0.717, 1.165) is 5.56 Å². The molecule has 222 valence electrons. The number of carbonyl (C=O) groups excluding carboxylic acids is 1. The molecule has 1 unspecified atom stereocenters. The second-order valence-corrected chi connectivity index (χ2v) is 11.1. The van der Waals surface area contributed by atoms with E-state index < -0.39 is 23.7 Å². The fourth-order valence-corrected chi connectivity index (χ4v) is 6.12. The summed E-state index contributed by atoms with van der Waals surface area (Å²) in [4.78, 5) is 43.3. The van der Waals surface area contributed by atoms with Gasteiger partial charge in [0.15, 0.2) is 0 Å². The topological polar surface area (TPSA) is 108 Å². The molecule has 42 heavy (non-hydrogen) atoms. The van der Waals surface area contributed by atoms with Gasteiger partial charge in [-0.25, -0.2) is 13.9 Å². The third-order valence-corrected chi connectivity index (χ3v) is 8.47. The molecule has 10 nitrogen and oxygen atoms in total. The quantitative estimate of drug-likeness (QED) is 0.471. The SMILES string of the molecule is COc1ccc([C@@H]2CN(c3ccc(=O)n(C)n3)C[C@H]2C(=O)N2CCCC(c3ccc(Cl)cc3)N(C(=O)O)CC2)c(F)c1. The third-order valence-electron chi connectivity index (χ3n) is 8.22. The van der Waals surface area contributed by atoms with E-state index >= 15 is 4.39 Å². The average Bonchev–Trinajstić information content (AvgIpc) is 3.40. The Hall–Kier alpha value is -4.12. The summed E-state index contributed by atoms with van der Waals surface area (Å²) in [5, 5.41) is 15.0. The number of methoxy groups -OCH3 is 1. The van der Waals surface area contributed by atoms with Gasteiger partial charge in [0, 0.05) is 62.8 Å². The van der Waals surface area contributed by atoms with E-state index in [9.17, 15) is 19.5 Å². The maximum absolute atomic E-state index is 15.3. The fraction of sp³-hybridized carbons (Fsp3) is 0.400. The van der Waals surface area contributed by atoms with Gasteiger partial charge >= 0.3 is 6.09 Å². The first-order valence-electron chi connectivity index (χ1n) is 13.8. The van der Waals surface area contributed by atoms with Gasteiger partial charge in [0.25, 0.3) is 5.56 Å². The number of halogens is 2. The predicted octanol–water partition coefficient (Wildman–Crippen LogP) is 4.15. The zero-order valence-electron chi connectivity index (χ0n) is 23.5. The molecule has 2 amide bonds. The molecule has 12 heteroatoms. The number of nitrogens with zero attached hydrogens (tertiary/aromatic N) is 5. The lowest BCUT2D eigenvalue weighted by molar-refractivity contribution is -0.136. The molecule has 2 fully saturated rings. The predicted molar refractivity (Wildman–Crippen MR) is 156 cm³/mol. The largest absolute Gasteiger partial charge is 0.497 e. The molecule has 3 heterocycles. The average molecular weight is 598 g/mol. The summed E-state index contributed by atoms with van der Waals surface area (Å²) in [6.07, 6.45) is 0.0612. The van der Waals surface area contributed by atoms with Crippen molar-refractivity contribution in [1.29, 1.82) is 0 Å². The van der Waals surface area contributed by atoms with Gasteiger partial charge < -0.3 is 19.6 Å². The zero-order chi connectivity index (χ0) is 30.0. The lowest BCUT2D eigenvalue weighted by atomic mass is 9.87. The van der Waals surface area contributed by atoms with Crippen molar-refractivity contribution in [3.63, 3.8) is 0 Å². The lowest BCUT2D eigenvalue weighted by Crippen LogP contribution is -2.47.